The number of aliphatic hydroxyl groups excluding tert-OH is 1. The van der Waals surface area contributed by atoms with Gasteiger partial charge in [0, 0.05) is 0 Å². The Morgan fingerprint density at radius 2 is 1.91 bits per heavy atom. The summed E-state index contributed by atoms with van der Waals surface area (Å²) in [6, 6.07) is 0. The maximum Gasteiger partial charge on any atom is 0.0552 e. The summed E-state index contributed by atoms with van der Waals surface area (Å²) in [5.41, 5.74) is 0. The highest BCUT2D eigenvalue weighted by Crippen LogP contribution is 2.03. The van der Waals surface area contributed by atoms with Gasteiger partial charge in [-0.1, -0.05) is 19.8 Å². The van der Waals surface area contributed by atoms with Gasteiger partial charge in [0.2, 0.25) is 0 Å². The first kappa shape index (κ1) is 10.9. The summed E-state index contributed by atoms with van der Waals surface area (Å²) in [6.45, 7) is 3.14. The molecular formula is C9H21NO. The Hall–Kier alpha value is -0.0800. The second-order valence-corrected chi connectivity index (χ2v) is 3.39. The molecule has 1 atom stereocenters. The van der Waals surface area contributed by atoms with Crippen molar-refractivity contribution in [2.24, 2.45) is 0 Å². The second-order valence-electron chi connectivity index (χ2n) is 3.39. The van der Waals surface area contributed by atoms with Gasteiger partial charge >= 0.3 is 0 Å². The highest BCUT2D eigenvalue weighted by atomic mass is 16.3. The van der Waals surface area contributed by atoms with Gasteiger partial charge in [-0.05, 0) is 33.5 Å². The summed E-state index contributed by atoms with van der Waals surface area (Å²) in [5, 5.41) is 9.40. The third kappa shape index (κ3) is 7.82. The van der Waals surface area contributed by atoms with Crippen LogP contribution in [0.1, 0.15) is 32.6 Å². The summed E-state index contributed by atoms with van der Waals surface area (Å²) < 4.78 is 0. The zero-order valence-corrected chi connectivity index (χ0v) is 8.01. The van der Waals surface area contributed by atoms with E-state index in [4.69, 9.17) is 0 Å². The lowest BCUT2D eigenvalue weighted by Crippen LogP contribution is -2.19. The van der Waals surface area contributed by atoms with Gasteiger partial charge < -0.3 is 10.0 Å². The highest BCUT2D eigenvalue weighted by molar-refractivity contribution is 4.57. The van der Waals surface area contributed by atoms with Crippen molar-refractivity contribution in [1.82, 2.24) is 4.90 Å². The van der Waals surface area contributed by atoms with E-state index < -0.39 is 0 Å². The lowest BCUT2D eigenvalue weighted by atomic mass is 10.1. The van der Waals surface area contributed by atoms with Gasteiger partial charge in [0.15, 0.2) is 0 Å². The highest BCUT2D eigenvalue weighted by Gasteiger charge is 2.02. The van der Waals surface area contributed by atoms with E-state index in [1.54, 1.807) is 0 Å². The molecule has 0 aliphatic carbocycles. The minimum Gasteiger partial charge on any atom is -0.393 e. The predicted molar refractivity (Wildman–Crippen MR) is 48.7 cm³/mol. The van der Waals surface area contributed by atoms with E-state index in [-0.39, 0.29) is 6.10 Å². The Morgan fingerprint density at radius 1 is 1.27 bits per heavy atom. The molecule has 11 heavy (non-hydrogen) atoms. The first-order chi connectivity index (χ1) is 5.16. The number of unbranched alkanes of at least 4 members (excludes halogenated alkanes) is 1. The lowest BCUT2D eigenvalue weighted by molar-refractivity contribution is 0.140. The van der Waals surface area contributed by atoms with Crippen molar-refractivity contribution in [2.45, 2.75) is 38.7 Å². The van der Waals surface area contributed by atoms with Crippen LogP contribution in [0.15, 0.2) is 0 Å². The molecule has 0 saturated carbocycles. The van der Waals surface area contributed by atoms with Gasteiger partial charge in [-0.2, -0.15) is 0 Å². The van der Waals surface area contributed by atoms with Crippen molar-refractivity contribution >= 4 is 0 Å². The molecule has 2 nitrogen and oxygen atoms in total. The SMILES string of the molecule is CCCCC(O)CCN(C)C. The first-order valence-corrected chi connectivity index (χ1v) is 4.49. The van der Waals surface area contributed by atoms with Crippen LogP contribution in [-0.4, -0.2) is 36.8 Å². The van der Waals surface area contributed by atoms with Crippen LogP contribution in [0.5, 0.6) is 0 Å². The largest absolute Gasteiger partial charge is 0.393 e. The van der Waals surface area contributed by atoms with Gasteiger partial charge in [-0.3, -0.25) is 0 Å². The van der Waals surface area contributed by atoms with Crippen LogP contribution in [0.2, 0.25) is 0 Å². The van der Waals surface area contributed by atoms with Crippen LogP contribution >= 0.6 is 0 Å². The second kappa shape index (κ2) is 6.62. The standard InChI is InChI=1S/C9H21NO/c1-4-5-6-9(11)7-8-10(2)3/h9,11H,4-8H2,1-3H3. The Kier molecular flexibility index (Phi) is 6.57. The van der Waals surface area contributed by atoms with Crippen molar-refractivity contribution in [2.75, 3.05) is 20.6 Å². The minimum atomic E-state index is -0.0858. The van der Waals surface area contributed by atoms with E-state index in [9.17, 15) is 5.11 Å². The molecule has 0 aromatic rings. The number of aliphatic hydroxyl groups is 1. The van der Waals surface area contributed by atoms with E-state index in [1.165, 1.54) is 6.42 Å². The molecule has 0 saturated heterocycles. The lowest BCUT2D eigenvalue weighted by Gasteiger charge is -2.13. The van der Waals surface area contributed by atoms with E-state index in [1.807, 2.05) is 14.1 Å². The smallest absolute Gasteiger partial charge is 0.0552 e. The first-order valence-electron chi connectivity index (χ1n) is 4.49. The molecule has 0 spiro atoms. The molecule has 1 N–H and O–H groups in total. The fourth-order valence-corrected chi connectivity index (χ4v) is 0.991. The van der Waals surface area contributed by atoms with Crippen molar-refractivity contribution in [3.8, 4) is 0 Å². The van der Waals surface area contributed by atoms with Crippen molar-refractivity contribution in [3.05, 3.63) is 0 Å². The molecular weight excluding hydrogens is 138 g/mol. The topological polar surface area (TPSA) is 23.5 Å². The molecule has 0 fully saturated rings. The average Bonchev–Trinajstić information content (AvgIpc) is 1.97. The predicted octanol–water partition coefficient (Wildman–Crippen LogP) is 1.49. The van der Waals surface area contributed by atoms with Crippen LogP contribution in [0, 0.1) is 0 Å². The summed E-state index contributed by atoms with van der Waals surface area (Å²) >= 11 is 0. The van der Waals surface area contributed by atoms with Crippen molar-refractivity contribution in [3.63, 3.8) is 0 Å². The van der Waals surface area contributed by atoms with Crippen LogP contribution in [0.3, 0.4) is 0 Å². The van der Waals surface area contributed by atoms with Crippen LogP contribution in [-0.2, 0) is 0 Å². The fourth-order valence-electron chi connectivity index (χ4n) is 0.991. The zero-order valence-electron chi connectivity index (χ0n) is 8.01. The maximum absolute atomic E-state index is 9.40. The molecule has 1 unspecified atom stereocenters. The number of rotatable bonds is 6. The molecule has 0 rings (SSSR count). The van der Waals surface area contributed by atoms with Gasteiger partial charge in [0.25, 0.3) is 0 Å². The number of hydrogen-bond donors (Lipinski definition) is 1. The third-order valence-electron chi connectivity index (χ3n) is 1.80. The maximum atomic E-state index is 9.40. The number of hydrogen-bond acceptors (Lipinski definition) is 2. The molecule has 68 valence electrons. The Morgan fingerprint density at radius 3 is 2.36 bits per heavy atom. The summed E-state index contributed by atoms with van der Waals surface area (Å²) in [7, 11) is 4.07. The van der Waals surface area contributed by atoms with E-state index in [0.29, 0.717) is 0 Å². The van der Waals surface area contributed by atoms with E-state index in [2.05, 4.69) is 11.8 Å². The summed E-state index contributed by atoms with van der Waals surface area (Å²) in [4.78, 5) is 2.11. The normalized spacial score (nSPS) is 13.9. The van der Waals surface area contributed by atoms with E-state index in [0.717, 1.165) is 25.8 Å². The van der Waals surface area contributed by atoms with Gasteiger partial charge in [0.1, 0.15) is 0 Å². The molecule has 0 aromatic heterocycles. The van der Waals surface area contributed by atoms with Gasteiger partial charge in [-0.15, -0.1) is 0 Å². The monoisotopic (exact) mass is 159 g/mol. The van der Waals surface area contributed by atoms with Gasteiger partial charge in [-0.25, -0.2) is 0 Å². The quantitative estimate of drug-likeness (QED) is 0.634. The average molecular weight is 159 g/mol. The molecule has 0 aliphatic rings. The molecule has 0 aliphatic heterocycles. The third-order valence-corrected chi connectivity index (χ3v) is 1.80. The molecule has 0 heterocycles. The molecule has 0 radical (unpaired) electrons. The molecule has 0 aromatic carbocycles. The molecule has 2 heteroatoms. The summed E-state index contributed by atoms with van der Waals surface area (Å²) in [5.74, 6) is 0. The Balaban J connectivity index is 3.15. The zero-order chi connectivity index (χ0) is 8.69. The Labute approximate surface area is 70.2 Å². The van der Waals surface area contributed by atoms with Crippen molar-refractivity contribution in [1.29, 1.82) is 0 Å². The van der Waals surface area contributed by atoms with Gasteiger partial charge in [0.05, 0.1) is 6.10 Å². The summed E-state index contributed by atoms with van der Waals surface area (Å²) in [6.07, 6.45) is 4.11. The van der Waals surface area contributed by atoms with Crippen LogP contribution in [0.4, 0.5) is 0 Å². The molecule has 0 bridgehead atoms. The minimum absolute atomic E-state index is 0.0858. The van der Waals surface area contributed by atoms with Crippen molar-refractivity contribution < 1.29 is 5.11 Å². The van der Waals surface area contributed by atoms with Crippen LogP contribution in [0.25, 0.3) is 0 Å². The fraction of sp³-hybridized carbons (Fsp3) is 1.00. The number of nitrogens with zero attached hydrogens (tertiary/aromatic N) is 1. The Bertz CT molecular complexity index is 83.6. The van der Waals surface area contributed by atoms with Crippen LogP contribution < -0.4 is 0 Å². The van der Waals surface area contributed by atoms with E-state index >= 15 is 0 Å². The molecule has 0 amide bonds.